The molecule has 0 saturated heterocycles. The molecule has 8 nitrogen and oxygen atoms in total. The molecule has 0 saturated carbocycles. The van der Waals surface area contributed by atoms with Gasteiger partial charge in [0, 0.05) is 37.7 Å². The van der Waals surface area contributed by atoms with Crippen molar-refractivity contribution >= 4 is 50.7 Å². The van der Waals surface area contributed by atoms with Crippen molar-refractivity contribution < 1.29 is 19.1 Å². The number of carbonyl (C=O) groups is 3. The maximum atomic E-state index is 12.6. The van der Waals surface area contributed by atoms with E-state index in [-0.39, 0.29) is 16.6 Å². The van der Waals surface area contributed by atoms with Gasteiger partial charge in [0.2, 0.25) is 5.91 Å². The van der Waals surface area contributed by atoms with Crippen molar-refractivity contribution in [2.24, 2.45) is 14.1 Å². The first kappa shape index (κ1) is 23.9. The van der Waals surface area contributed by atoms with Gasteiger partial charge in [-0.3, -0.25) is 9.59 Å². The molecule has 0 spiro atoms. The SMILES string of the molecule is COC(=O)c1cc(NC(=O)c2cc(NC(=O)CCC(C)(C)SSC)cn2C)cn1C. The van der Waals surface area contributed by atoms with Crippen LogP contribution in [0, 0.1) is 0 Å². The molecule has 0 aromatic carbocycles. The number of carbonyl (C=O) groups excluding carboxylic acids is 3. The van der Waals surface area contributed by atoms with E-state index in [2.05, 4.69) is 24.5 Å². The van der Waals surface area contributed by atoms with Crippen molar-refractivity contribution in [1.82, 2.24) is 9.13 Å². The van der Waals surface area contributed by atoms with E-state index in [0.717, 1.165) is 6.42 Å². The molecule has 0 unspecified atom stereocenters. The molecule has 2 rings (SSSR count). The Morgan fingerprint density at radius 2 is 1.60 bits per heavy atom. The highest BCUT2D eigenvalue weighted by Crippen LogP contribution is 2.37. The standard InChI is InChI=1S/C20H28N4O4S2/c1-20(2,30-29-6)8-7-17(25)21-13-9-15(23(3)11-13)18(26)22-14-10-16(19(27)28-5)24(4)12-14/h9-12H,7-8H2,1-6H3,(H,21,25)(H,22,26). The molecule has 2 N–H and O–H groups in total. The highest BCUT2D eigenvalue weighted by atomic mass is 33.1. The number of ether oxygens (including phenoxy) is 1. The normalized spacial score (nSPS) is 11.3. The molecule has 0 aliphatic heterocycles. The summed E-state index contributed by atoms with van der Waals surface area (Å²) in [6.07, 6.45) is 6.50. The number of hydrogen-bond acceptors (Lipinski definition) is 6. The summed E-state index contributed by atoms with van der Waals surface area (Å²) in [4.78, 5) is 36.7. The van der Waals surface area contributed by atoms with Crippen molar-refractivity contribution in [1.29, 1.82) is 0 Å². The van der Waals surface area contributed by atoms with E-state index >= 15 is 0 Å². The van der Waals surface area contributed by atoms with Crippen LogP contribution in [0.3, 0.4) is 0 Å². The van der Waals surface area contributed by atoms with Crippen LogP contribution in [0.1, 0.15) is 47.7 Å². The van der Waals surface area contributed by atoms with Crippen molar-refractivity contribution in [2.75, 3.05) is 24.0 Å². The number of nitrogens with zero attached hydrogens (tertiary/aromatic N) is 2. The fraction of sp³-hybridized carbons (Fsp3) is 0.450. The highest BCUT2D eigenvalue weighted by molar-refractivity contribution is 8.76. The smallest absolute Gasteiger partial charge is 0.354 e. The number of aromatic nitrogens is 2. The van der Waals surface area contributed by atoms with Crippen LogP contribution in [0.15, 0.2) is 24.5 Å². The van der Waals surface area contributed by atoms with E-state index in [4.69, 9.17) is 4.74 Å². The van der Waals surface area contributed by atoms with Crippen molar-refractivity contribution in [3.8, 4) is 0 Å². The van der Waals surface area contributed by atoms with E-state index in [1.807, 2.05) is 6.26 Å². The Hall–Kier alpha value is -2.33. The zero-order chi connectivity index (χ0) is 22.5. The maximum Gasteiger partial charge on any atom is 0.354 e. The van der Waals surface area contributed by atoms with E-state index in [9.17, 15) is 14.4 Å². The molecule has 2 heterocycles. The minimum absolute atomic E-state index is 0.0111. The van der Waals surface area contributed by atoms with Crippen LogP contribution in [0.5, 0.6) is 0 Å². The molecular formula is C20H28N4O4S2. The van der Waals surface area contributed by atoms with Crippen LogP contribution < -0.4 is 10.6 Å². The van der Waals surface area contributed by atoms with Crippen LogP contribution in [-0.4, -0.2) is 45.0 Å². The quantitative estimate of drug-likeness (QED) is 0.442. The minimum atomic E-state index is -0.485. The largest absolute Gasteiger partial charge is 0.464 e. The number of hydrogen-bond donors (Lipinski definition) is 2. The summed E-state index contributed by atoms with van der Waals surface area (Å²) in [5.74, 6) is -0.924. The maximum absolute atomic E-state index is 12.6. The topological polar surface area (TPSA) is 94.4 Å². The van der Waals surface area contributed by atoms with Crippen LogP contribution >= 0.6 is 21.6 Å². The minimum Gasteiger partial charge on any atom is -0.464 e. The first-order valence-corrected chi connectivity index (χ1v) is 11.9. The van der Waals surface area contributed by atoms with Gasteiger partial charge in [-0.15, -0.1) is 0 Å². The molecule has 30 heavy (non-hydrogen) atoms. The van der Waals surface area contributed by atoms with Crippen LogP contribution in [0.4, 0.5) is 11.4 Å². The van der Waals surface area contributed by atoms with Gasteiger partial charge in [0.1, 0.15) is 11.4 Å². The number of aryl methyl sites for hydroxylation is 2. The number of rotatable bonds is 9. The zero-order valence-corrected chi connectivity index (χ0v) is 19.7. The fourth-order valence-corrected chi connectivity index (χ4v) is 5.14. The molecular weight excluding hydrogens is 424 g/mol. The lowest BCUT2D eigenvalue weighted by atomic mass is 10.1. The predicted octanol–water partition coefficient (Wildman–Crippen LogP) is 3.91. The average Bonchev–Trinajstić information content (AvgIpc) is 3.21. The van der Waals surface area contributed by atoms with Gasteiger partial charge in [-0.25, -0.2) is 4.79 Å². The van der Waals surface area contributed by atoms with Gasteiger partial charge in [0.25, 0.3) is 5.91 Å². The summed E-state index contributed by atoms with van der Waals surface area (Å²) in [6.45, 7) is 4.23. The van der Waals surface area contributed by atoms with Gasteiger partial charge in [-0.1, -0.05) is 21.6 Å². The van der Waals surface area contributed by atoms with Crippen molar-refractivity contribution in [2.45, 2.75) is 31.4 Å². The number of anilines is 2. The first-order chi connectivity index (χ1) is 14.1. The molecule has 0 aliphatic rings. The van der Waals surface area contributed by atoms with Gasteiger partial charge in [-0.05, 0) is 38.7 Å². The summed E-state index contributed by atoms with van der Waals surface area (Å²) in [5, 5.41) is 5.61. The van der Waals surface area contributed by atoms with Gasteiger partial charge in [-0.2, -0.15) is 0 Å². The summed E-state index contributed by atoms with van der Waals surface area (Å²) >= 11 is 0. The lowest BCUT2D eigenvalue weighted by Gasteiger charge is -2.21. The third-order valence-corrected chi connectivity index (χ3v) is 7.12. The Bertz CT molecular complexity index is 933. The van der Waals surface area contributed by atoms with Crippen LogP contribution in [0.2, 0.25) is 0 Å². The molecule has 0 fully saturated rings. The third-order valence-electron chi connectivity index (χ3n) is 4.44. The van der Waals surface area contributed by atoms with Crippen LogP contribution in [-0.2, 0) is 23.6 Å². The monoisotopic (exact) mass is 452 g/mol. The zero-order valence-electron chi connectivity index (χ0n) is 18.1. The fourth-order valence-electron chi connectivity index (χ4n) is 2.90. The average molecular weight is 453 g/mol. The predicted molar refractivity (Wildman–Crippen MR) is 123 cm³/mol. The molecule has 0 bridgehead atoms. The number of methoxy groups -OCH3 is 1. The first-order valence-electron chi connectivity index (χ1n) is 9.30. The Morgan fingerprint density at radius 1 is 1.03 bits per heavy atom. The Kier molecular flexibility index (Phi) is 8.08. The molecule has 2 aromatic rings. The summed E-state index contributed by atoms with van der Waals surface area (Å²) in [6, 6.07) is 3.17. The number of nitrogens with one attached hydrogen (secondary N) is 2. The molecule has 0 atom stereocenters. The molecule has 10 heteroatoms. The molecule has 0 aliphatic carbocycles. The highest BCUT2D eigenvalue weighted by Gasteiger charge is 2.21. The molecule has 0 radical (unpaired) electrons. The molecule has 2 amide bonds. The lowest BCUT2D eigenvalue weighted by Crippen LogP contribution is -2.19. The Morgan fingerprint density at radius 3 is 2.20 bits per heavy atom. The van der Waals surface area contributed by atoms with Gasteiger partial charge >= 0.3 is 5.97 Å². The van der Waals surface area contributed by atoms with Gasteiger partial charge < -0.3 is 24.5 Å². The van der Waals surface area contributed by atoms with Gasteiger partial charge in [0.15, 0.2) is 0 Å². The summed E-state index contributed by atoms with van der Waals surface area (Å²) in [5.41, 5.74) is 1.75. The number of esters is 1. The second-order valence-corrected chi connectivity index (χ2v) is 10.6. The van der Waals surface area contributed by atoms with Crippen LogP contribution in [0.25, 0.3) is 0 Å². The van der Waals surface area contributed by atoms with E-state index < -0.39 is 5.97 Å². The molecule has 164 valence electrons. The van der Waals surface area contributed by atoms with E-state index in [1.165, 1.54) is 7.11 Å². The van der Waals surface area contributed by atoms with Gasteiger partial charge in [0.05, 0.1) is 18.5 Å². The van der Waals surface area contributed by atoms with Crippen molar-refractivity contribution in [3.63, 3.8) is 0 Å². The third kappa shape index (κ3) is 6.33. The lowest BCUT2D eigenvalue weighted by molar-refractivity contribution is -0.116. The molecule has 2 aromatic heterocycles. The Balaban J connectivity index is 2.01. The summed E-state index contributed by atoms with van der Waals surface area (Å²) < 4.78 is 7.95. The Labute approximate surface area is 184 Å². The van der Waals surface area contributed by atoms with E-state index in [0.29, 0.717) is 29.2 Å². The second kappa shape index (κ2) is 10.1. The summed E-state index contributed by atoms with van der Waals surface area (Å²) in [7, 11) is 8.16. The van der Waals surface area contributed by atoms with Crippen molar-refractivity contribution in [3.05, 3.63) is 35.9 Å². The van der Waals surface area contributed by atoms with E-state index in [1.54, 1.807) is 69.3 Å². The number of amides is 2. The second-order valence-electron chi connectivity index (χ2n) is 7.45.